The topological polar surface area (TPSA) is 57.5 Å². The number of aliphatic hydroxyl groups is 1. The van der Waals surface area contributed by atoms with Crippen LogP contribution in [0.2, 0.25) is 0 Å². The molecule has 3 nitrogen and oxygen atoms in total. The van der Waals surface area contributed by atoms with Crippen LogP contribution < -0.4 is 0 Å². The van der Waals surface area contributed by atoms with Gasteiger partial charge in [-0.25, -0.2) is 4.21 Å². The van der Waals surface area contributed by atoms with Gasteiger partial charge >= 0.3 is 0 Å². The highest BCUT2D eigenvalue weighted by atomic mass is 32.2. The van der Waals surface area contributed by atoms with Crippen LogP contribution in [0.3, 0.4) is 0 Å². The van der Waals surface area contributed by atoms with Gasteiger partial charge in [-0.15, -0.1) is 0 Å². The molecular formula is C6H12O3S. The van der Waals surface area contributed by atoms with Crippen molar-refractivity contribution in [2.24, 2.45) is 5.92 Å². The molecule has 0 spiro atoms. The zero-order chi connectivity index (χ0) is 7.56. The first kappa shape index (κ1) is 8.17. The van der Waals surface area contributed by atoms with Gasteiger partial charge in [-0.3, -0.25) is 0 Å². The van der Waals surface area contributed by atoms with E-state index in [4.69, 9.17) is 4.55 Å². The first-order chi connectivity index (χ1) is 4.70. The van der Waals surface area contributed by atoms with Crippen molar-refractivity contribution in [3.8, 4) is 0 Å². The summed E-state index contributed by atoms with van der Waals surface area (Å²) in [6.07, 6.45) is 2.34. The second-order valence-corrected chi connectivity index (χ2v) is 3.72. The second kappa shape index (κ2) is 3.46. The molecule has 3 atom stereocenters. The Kier molecular flexibility index (Phi) is 2.82. The van der Waals surface area contributed by atoms with E-state index in [0.29, 0.717) is 0 Å². The lowest BCUT2D eigenvalue weighted by Crippen LogP contribution is -2.19. The normalized spacial score (nSPS) is 36.2. The van der Waals surface area contributed by atoms with Gasteiger partial charge in [0.15, 0.2) is 11.1 Å². The van der Waals surface area contributed by atoms with Gasteiger partial charge in [0.1, 0.15) is 0 Å². The average molecular weight is 164 g/mol. The van der Waals surface area contributed by atoms with Crippen molar-refractivity contribution in [1.82, 2.24) is 0 Å². The maximum Gasteiger partial charge on any atom is 0.153 e. The van der Waals surface area contributed by atoms with Gasteiger partial charge in [-0.2, -0.15) is 0 Å². The van der Waals surface area contributed by atoms with Crippen molar-refractivity contribution in [1.29, 1.82) is 0 Å². The van der Waals surface area contributed by atoms with Gasteiger partial charge in [0.25, 0.3) is 0 Å². The summed E-state index contributed by atoms with van der Waals surface area (Å²) in [7, 11) is 0. The van der Waals surface area contributed by atoms with Crippen LogP contribution in [0.5, 0.6) is 0 Å². The Hall–Kier alpha value is 0.0700. The third-order valence-corrected chi connectivity index (χ3v) is 2.69. The SMILES string of the molecule is O=S(O)C[C@@H]1CCC[C@H]1O. The fraction of sp³-hybridized carbons (Fsp3) is 1.00. The average Bonchev–Trinajstić information content (AvgIpc) is 2.15. The highest BCUT2D eigenvalue weighted by Crippen LogP contribution is 2.25. The molecule has 1 aliphatic carbocycles. The van der Waals surface area contributed by atoms with E-state index in [1.165, 1.54) is 0 Å². The number of hydrogen-bond donors (Lipinski definition) is 2. The molecule has 1 aliphatic rings. The summed E-state index contributed by atoms with van der Waals surface area (Å²) < 4.78 is 18.8. The van der Waals surface area contributed by atoms with E-state index in [2.05, 4.69) is 0 Å². The van der Waals surface area contributed by atoms with Crippen molar-refractivity contribution in [3.63, 3.8) is 0 Å². The predicted molar refractivity (Wildman–Crippen MR) is 39.0 cm³/mol. The van der Waals surface area contributed by atoms with E-state index in [1.807, 2.05) is 0 Å². The van der Waals surface area contributed by atoms with Crippen LogP contribution in [-0.2, 0) is 11.1 Å². The Balaban J connectivity index is 2.33. The second-order valence-electron chi connectivity index (χ2n) is 2.75. The van der Waals surface area contributed by atoms with Gasteiger partial charge in [-0.1, -0.05) is 6.42 Å². The van der Waals surface area contributed by atoms with Crippen molar-refractivity contribution in [3.05, 3.63) is 0 Å². The molecule has 4 heteroatoms. The fourth-order valence-corrected chi connectivity index (χ4v) is 2.15. The van der Waals surface area contributed by atoms with Crippen LogP contribution in [0.25, 0.3) is 0 Å². The zero-order valence-electron chi connectivity index (χ0n) is 5.69. The summed E-state index contributed by atoms with van der Waals surface area (Å²) in [6, 6.07) is 0. The van der Waals surface area contributed by atoms with Crippen molar-refractivity contribution >= 4 is 11.1 Å². The van der Waals surface area contributed by atoms with Crippen LogP contribution in [0, 0.1) is 5.92 Å². The van der Waals surface area contributed by atoms with E-state index < -0.39 is 11.1 Å². The molecule has 2 N–H and O–H groups in total. The summed E-state index contributed by atoms with van der Waals surface area (Å²) in [6.45, 7) is 0. The number of rotatable bonds is 2. The van der Waals surface area contributed by atoms with E-state index in [1.54, 1.807) is 0 Å². The third kappa shape index (κ3) is 2.04. The largest absolute Gasteiger partial charge is 0.393 e. The molecule has 0 radical (unpaired) electrons. The minimum atomic E-state index is -1.74. The van der Waals surface area contributed by atoms with Gasteiger partial charge in [0.05, 0.1) is 11.9 Å². The molecular weight excluding hydrogens is 152 g/mol. The summed E-state index contributed by atoms with van der Waals surface area (Å²) in [5.74, 6) is 0.298. The lowest BCUT2D eigenvalue weighted by atomic mass is 10.1. The smallest absolute Gasteiger partial charge is 0.153 e. The Morgan fingerprint density at radius 1 is 1.50 bits per heavy atom. The highest BCUT2D eigenvalue weighted by molar-refractivity contribution is 7.79. The molecule has 0 heterocycles. The molecule has 1 unspecified atom stereocenters. The fourth-order valence-electron chi connectivity index (χ4n) is 1.39. The monoisotopic (exact) mass is 164 g/mol. The molecule has 60 valence electrons. The third-order valence-electron chi connectivity index (χ3n) is 1.98. The zero-order valence-corrected chi connectivity index (χ0v) is 6.51. The Morgan fingerprint density at radius 2 is 2.20 bits per heavy atom. The molecule has 10 heavy (non-hydrogen) atoms. The van der Waals surface area contributed by atoms with E-state index in [0.717, 1.165) is 19.3 Å². The summed E-state index contributed by atoms with van der Waals surface area (Å²) in [4.78, 5) is 0. The summed E-state index contributed by atoms with van der Waals surface area (Å²) >= 11 is -1.74. The van der Waals surface area contributed by atoms with E-state index in [9.17, 15) is 9.32 Å². The van der Waals surface area contributed by atoms with Gasteiger partial charge < -0.3 is 9.66 Å². The van der Waals surface area contributed by atoms with Crippen molar-refractivity contribution in [2.75, 3.05) is 5.75 Å². The molecule has 1 rings (SSSR count). The van der Waals surface area contributed by atoms with Gasteiger partial charge in [0.2, 0.25) is 0 Å². The van der Waals surface area contributed by atoms with Gasteiger partial charge in [0, 0.05) is 0 Å². The minimum Gasteiger partial charge on any atom is -0.393 e. The number of aliphatic hydroxyl groups excluding tert-OH is 1. The molecule has 1 saturated carbocycles. The lowest BCUT2D eigenvalue weighted by molar-refractivity contribution is 0.142. The molecule has 1 fully saturated rings. The van der Waals surface area contributed by atoms with E-state index >= 15 is 0 Å². The lowest BCUT2D eigenvalue weighted by Gasteiger charge is -2.10. The van der Waals surface area contributed by atoms with Crippen LogP contribution in [0.15, 0.2) is 0 Å². The Morgan fingerprint density at radius 3 is 2.60 bits per heavy atom. The van der Waals surface area contributed by atoms with Crippen molar-refractivity contribution in [2.45, 2.75) is 25.4 Å². The van der Waals surface area contributed by atoms with Crippen molar-refractivity contribution < 1.29 is 13.9 Å². The summed E-state index contributed by atoms with van der Waals surface area (Å²) in [5, 5.41) is 9.19. The van der Waals surface area contributed by atoms with Crippen LogP contribution >= 0.6 is 0 Å². The molecule has 0 aliphatic heterocycles. The maximum atomic E-state index is 10.3. The van der Waals surface area contributed by atoms with Crippen LogP contribution in [-0.4, -0.2) is 25.7 Å². The van der Waals surface area contributed by atoms with Crippen LogP contribution in [0.1, 0.15) is 19.3 Å². The number of hydrogen-bond acceptors (Lipinski definition) is 2. The molecule has 0 aromatic rings. The predicted octanol–water partition coefficient (Wildman–Crippen LogP) is 0.369. The first-order valence-corrected chi connectivity index (χ1v) is 4.73. The quantitative estimate of drug-likeness (QED) is 0.580. The molecule has 0 amide bonds. The van der Waals surface area contributed by atoms with Gasteiger partial charge in [-0.05, 0) is 18.8 Å². The minimum absolute atomic E-state index is 0.0610. The van der Waals surface area contributed by atoms with Crippen LogP contribution in [0.4, 0.5) is 0 Å². The molecule has 0 bridgehead atoms. The molecule has 0 saturated heterocycles. The Labute approximate surface area is 62.7 Å². The highest BCUT2D eigenvalue weighted by Gasteiger charge is 2.26. The molecule has 0 aromatic carbocycles. The summed E-state index contributed by atoms with van der Waals surface area (Å²) in [5.41, 5.74) is 0. The maximum absolute atomic E-state index is 10.3. The molecule has 0 aromatic heterocycles. The standard InChI is InChI=1S/C6H12O3S/c7-6-3-1-2-5(6)4-10(8)9/h5-7H,1-4H2,(H,8,9)/t5-,6+/m0/s1. The Bertz CT molecular complexity index is 137. The van der Waals surface area contributed by atoms with E-state index in [-0.39, 0.29) is 17.8 Å². The first-order valence-electron chi connectivity index (χ1n) is 3.45.